The van der Waals surface area contributed by atoms with Crippen LogP contribution in [0, 0.1) is 13.8 Å². The standard InChI is InChI=1S/C15H20BrN3/c1-4-14(17)15-10(2)18-19(11(15)3)9-12-6-5-7-13(16)8-12/h5-8,14H,4,9,17H2,1-3H3. The smallest absolute Gasteiger partial charge is 0.0663 e. The zero-order valence-electron chi connectivity index (χ0n) is 11.7. The van der Waals surface area contributed by atoms with Crippen molar-refractivity contribution in [3.8, 4) is 0 Å². The summed E-state index contributed by atoms with van der Waals surface area (Å²) in [4.78, 5) is 0. The second kappa shape index (κ2) is 5.88. The van der Waals surface area contributed by atoms with E-state index in [1.54, 1.807) is 0 Å². The molecule has 4 heteroatoms. The first-order valence-corrected chi connectivity index (χ1v) is 7.36. The van der Waals surface area contributed by atoms with Crippen LogP contribution in [0.4, 0.5) is 0 Å². The SMILES string of the molecule is CCC(N)c1c(C)nn(Cc2cccc(Br)c2)c1C. The molecule has 0 saturated carbocycles. The minimum absolute atomic E-state index is 0.0799. The van der Waals surface area contributed by atoms with Crippen molar-refractivity contribution in [1.82, 2.24) is 9.78 Å². The average Bonchev–Trinajstić information content (AvgIpc) is 2.64. The number of hydrogen-bond donors (Lipinski definition) is 1. The largest absolute Gasteiger partial charge is 0.324 e. The monoisotopic (exact) mass is 321 g/mol. The van der Waals surface area contributed by atoms with Gasteiger partial charge in [0.05, 0.1) is 12.2 Å². The van der Waals surface area contributed by atoms with Crippen LogP contribution in [-0.4, -0.2) is 9.78 Å². The molecule has 2 aromatic rings. The highest BCUT2D eigenvalue weighted by atomic mass is 79.9. The molecule has 1 aromatic heterocycles. The lowest BCUT2D eigenvalue weighted by atomic mass is 10.0. The van der Waals surface area contributed by atoms with Crippen LogP contribution >= 0.6 is 15.9 Å². The Balaban J connectivity index is 2.32. The Hall–Kier alpha value is -1.13. The molecule has 1 heterocycles. The van der Waals surface area contributed by atoms with Gasteiger partial charge in [-0.05, 0) is 38.0 Å². The van der Waals surface area contributed by atoms with Gasteiger partial charge in [0.15, 0.2) is 0 Å². The summed E-state index contributed by atoms with van der Waals surface area (Å²) in [5.74, 6) is 0. The van der Waals surface area contributed by atoms with Gasteiger partial charge in [0, 0.05) is 21.8 Å². The third-order valence-electron chi connectivity index (χ3n) is 3.47. The number of hydrogen-bond acceptors (Lipinski definition) is 2. The molecule has 102 valence electrons. The Morgan fingerprint density at radius 2 is 2.11 bits per heavy atom. The van der Waals surface area contributed by atoms with Gasteiger partial charge in [-0.2, -0.15) is 5.10 Å². The highest BCUT2D eigenvalue weighted by Gasteiger charge is 2.16. The first-order valence-electron chi connectivity index (χ1n) is 6.56. The molecule has 2 rings (SSSR count). The third-order valence-corrected chi connectivity index (χ3v) is 3.96. The van der Waals surface area contributed by atoms with Crippen molar-refractivity contribution in [2.45, 2.75) is 39.8 Å². The topological polar surface area (TPSA) is 43.8 Å². The molecular weight excluding hydrogens is 302 g/mol. The fraction of sp³-hybridized carbons (Fsp3) is 0.400. The second-order valence-corrected chi connectivity index (χ2v) is 5.80. The summed E-state index contributed by atoms with van der Waals surface area (Å²) in [7, 11) is 0. The third kappa shape index (κ3) is 3.07. The predicted molar refractivity (Wildman–Crippen MR) is 82.2 cm³/mol. The maximum atomic E-state index is 6.17. The molecule has 0 radical (unpaired) electrons. The molecule has 0 aliphatic carbocycles. The fourth-order valence-electron chi connectivity index (χ4n) is 2.41. The molecule has 0 saturated heterocycles. The number of halogens is 1. The van der Waals surface area contributed by atoms with E-state index in [1.807, 2.05) is 23.7 Å². The van der Waals surface area contributed by atoms with Crippen molar-refractivity contribution < 1.29 is 0 Å². The van der Waals surface area contributed by atoms with E-state index in [0.29, 0.717) is 0 Å². The number of rotatable bonds is 4. The Morgan fingerprint density at radius 1 is 1.37 bits per heavy atom. The quantitative estimate of drug-likeness (QED) is 0.932. The molecule has 0 spiro atoms. The van der Waals surface area contributed by atoms with Crippen molar-refractivity contribution in [2.24, 2.45) is 5.73 Å². The van der Waals surface area contributed by atoms with Crippen LogP contribution in [-0.2, 0) is 6.54 Å². The van der Waals surface area contributed by atoms with E-state index in [1.165, 1.54) is 16.8 Å². The van der Waals surface area contributed by atoms with Gasteiger partial charge in [-0.15, -0.1) is 0 Å². The number of aryl methyl sites for hydroxylation is 1. The van der Waals surface area contributed by atoms with E-state index in [4.69, 9.17) is 5.73 Å². The summed E-state index contributed by atoms with van der Waals surface area (Å²) >= 11 is 3.50. The normalized spacial score (nSPS) is 12.7. The molecule has 0 bridgehead atoms. The van der Waals surface area contributed by atoms with Crippen molar-refractivity contribution >= 4 is 15.9 Å². The number of nitrogens with two attached hydrogens (primary N) is 1. The minimum Gasteiger partial charge on any atom is -0.324 e. The van der Waals surface area contributed by atoms with Crippen LogP contribution in [0.15, 0.2) is 28.7 Å². The lowest BCUT2D eigenvalue weighted by molar-refractivity contribution is 0.650. The highest BCUT2D eigenvalue weighted by Crippen LogP contribution is 2.23. The van der Waals surface area contributed by atoms with E-state index in [9.17, 15) is 0 Å². The van der Waals surface area contributed by atoms with E-state index in [2.05, 4.69) is 47.0 Å². The molecule has 0 fully saturated rings. The summed E-state index contributed by atoms with van der Waals surface area (Å²) in [6.07, 6.45) is 0.935. The average molecular weight is 322 g/mol. The van der Waals surface area contributed by atoms with Crippen LogP contribution in [0.1, 0.15) is 41.9 Å². The Morgan fingerprint density at radius 3 is 2.74 bits per heavy atom. The molecule has 19 heavy (non-hydrogen) atoms. The highest BCUT2D eigenvalue weighted by molar-refractivity contribution is 9.10. The summed E-state index contributed by atoms with van der Waals surface area (Å²) in [6.45, 7) is 7.02. The van der Waals surface area contributed by atoms with Gasteiger partial charge >= 0.3 is 0 Å². The molecule has 3 nitrogen and oxygen atoms in total. The first kappa shape index (κ1) is 14.3. The zero-order chi connectivity index (χ0) is 14.0. The molecule has 0 aliphatic rings. The van der Waals surface area contributed by atoms with Crippen LogP contribution in [0.5, 0.6) is 0 Å². The fourth-order valence-corrected chi connectivity index (χ4v) is 2.86. The Bertz CT molecular complexity index is 575. The minimum atomic E-state index is 0.0799. The number of aromatic nitrogens is 2. The summed E-state index contributed by atoms with van der Waals surface area (Å²) in [5, 5.41) is 4.63. The maximum Gasteiger partial charge on any atom is 0.0663 e. The van der Waals surface area contributed by atoms with E-state index >= 15 is 0 Å². The van der Waals surface area contributed by atoms with Gasteiger partial charge in [-0.1, -0.05) is 35.0 Å². The van der Waals surface area contributed by atoms with Crippen molar-refractivity contribution in [3.63, 3.8) is 0 Å². The van der Waals surface area contributed by atoms with Gasteiger partial charge in [0.1, 0.15) is 0 Å². The molecule has 2 N–H and O–H groups in total. The summed E-state index contributed by atoms with van der Waals surface area (Å²) < 4.78 is 3.14. The van der Waals surface area contributed by atoms with E-state index < -0.39 is 0 Å². The predicted octanol–water partition coefficient (Wildman–Crippen LogP) is 3.72. The van der Waals surface area contributed by atoms with Crippen LogP contribution in [0.2, 0.25) is 0 Å². The van der Waals surface area contributed by atoms with Crippen molar-refractivity contribution in [2.75, 3.05) is 0 Å². The number of nitrogens with zero attached hydrogens (tertiary/aromatic N) is 2. The van der Waals surface area contributed by atoms with Crippen LogP contribution < -0.4 is 5.73 Å². The lowest BCUT2D eigenvalue weighted by Crippen LogP contribution is -2.11. The molecule has 0 amide bonds. The van der Waals surface area contributed by atoms with Gasteiger partial charge < -0.3 is 5.73 Å². The van der Waals surface area contributed by atoms with Crippen molar-refractivity contribution in [3.05, 3.63) is 51.3 Å². The number of benzene rings is 1. The van der Waals surface area contributed by atoms with E-state index in [0.717, 1.165) is 23.1 Å². The van der Waals surface area contributed by atoms with Crippen molar-refractivity contribution in [1.29, 1.82) is 0 Å². The maximum absolute atomic E-state index is 6.17. The molecular formula is C15H20BrN3. The Kier molecular flexibility index (Phi) is 4.42. The van der Waals surface area contributed by atoms with Gasteiger partial charge in [0.2, 0.25) is 0 Å². The summed E-state index contributed by atoms with van der Waals surface area (Å²) in [5.41, 5.74) is 10.8. The zero-order valence-corrected chi connectivity index (χ0v) is 13.2. The molecule has 1 unspecified atom stereocenters. The first-order chi connectivity index (χ1) is 9.02. The molecule has 0 aliphatic heterocycles. The van der Waals surface area contributed by atoms with Gasteiger partial charge in [-0.3, -0.25) is 4.68 Å². The molecule has 1 aromatic carbocycles. The van der Waals surface area contributed by atoms with Gasteiger partial charge in [-0.25, -0.2) is 0 Å². The Labute approximate surface area is 122 Å². The van der Waals surface area contributed by atoms with Crippen LogP contribution in [0.25, 0.3) is 0 Å². The van der Waals surface area contributed by atoms with Crippen LogP contribution in [0.3, 0.4) is 0 Å². The van der Waals surface area contributed by atoms with Gasteiger partial charge in [0.25, 0.3) is 0 Å². The molecule has 1 atom stereocenters. The second-order valence-electron chi connectivity index (χ2n) is 4.89. The summed E-state index contributed by atoms with van der Waals surface area (Å²) in [6, 6.07) is 8.39. The van der Waals surface area contributed by atoms with E-state index in [-0.39, 0.29) is 6.04 Å². The lowest BCUT2D eigenvalue weighted by Gasteiger charge is -2.10.